The molecule has 0 saturated heterocycles. The predicted molar refractivity (Wildman–Crippen MR) is 40.1 cm³/mol. The van der Waals surface area contributed by atoms with Crippen LogP contribution in [0.15, 0.2) is 0 Å². The van der Waals surface area contributed by atoms with E-state index in [1.54, 1.807) is 0 Å². The van der Waals surface area contributed by atoms with Crippen LogP contribution in [0.4, 0.5) is 0 Å². The lowest BCUT2D eigenvalue weighted by Crippen LogP contribution is -2.14. The lowest BCUT2D eigenvalue weighted by molar-refractivity contribution is 0.891. The van der Waals surface area contributed by atoms with Gasteiger partial charge in [0, 0.05) is 5.92 Å². The predicted octanol–water partition coefficient (Wildman–Crippen LogP) is 1.04. The first-order valence-electron chi connectivity index (χ1n) is 1.94. The Balaban J connectivity index is -0.000000125. The molecule has 3 heteroatoms. The Bertz CT molecular complexity index is 65.1. The molecule has 0 aliphatic carbocycles. The summed E-state index contributed by atoms with van der Waals surface area (Å²) in [5.74, 6) is 0.361. The van der Waals surface area contributed by atoms with Crippen molar-refractivity contribution in [3.05, 3.63) is 0 Å². The Kier molecular flexibility index (Phi) is 6.45. The second kappa shape index (κ2) is 4.40. The fourth-order valence-electron chi connectivity index (χ4n) is 0. The van der Waals surface area contributed by atoms with Crippen LogP contribution in [0.2, 0.25) is 0 Å². The molecule has 0 unspecified atom stereocenters. The van der Waals surface area contributed by atoms with Crippen LogP contribution < -0.4 is 5.73 Å². The van der Waals surface area contributed by atoms with Gasteiger partial charge in [-0.1, -0.05) is 26.1 Å². The molecule has 0 fully saturated rings. The van der Waals surface area contributed by atoms with E-state index in [0.717, 1.165) is 0 Å². The molecule has 0 saturated carbocycles. The summed E-state index contributed by atoms with van der Waals surface area (Å²) in [6.45, 7) is 3.95. The van der Waals surface area contributed by atoms with Crippen molar-refractivity contribution < 1.29 is 1.43 Å². The zero-order valence-corrected chi connectivity index (χ0v) is 6.10. The molecule has 0 atom stereocenters. The first-order valence-corrected chi connectivity index (χ1v) is 2.34. The van der Waals surface area contributed by atoms with Gasteiger partial charge in [-0.3, -0.25) is 0 Å². The largest absolute Gasteiger partial charge is 2.00 e. The second-order valence-electron chi connectivity index (χ2n) is 1.56. The van der Waals surface area contributed by atoms with Gasteiger partial charge in [-0.2, -0.15) is 0 Å². The molecule has 1 nitrogen and oxygen atoms in total. The minimum Gasteiger partial charge on any atom is -2.00 e. The van der Waals surface area contributed by atoms with Gasteiger partial charge in [0.25, 0.3) is 0 Å². The highest BCUT2D eigenvalue weighted by Crippen LogP contribution is 1.88. The van der Waals surface area contributed by atoms with Crippen molar-refractivity contribution in [1.82, 2.24) is 0 Å². The third-order valence-electron chi connectivity index (χ3n) is 0.569. The maximum absolute atomic E-state index is 5.17. The average molecular weight is 136 g/mol. The molecule has 7 heavy (non-hydrogen) atoms. The summed E-state index contributed by atoms with van der Waals surface area (Å²) in [6.07, 6.45) is 0. The normalized spacial score (nSPS) is 7.86. The van der Waals surface area contributed by atoms with E-state index in [1.807, 2.05) is 13.8 Å². The summed E-state index contributed by atoms with van der Waals surface area (Å²) >= 11 is 4.60. The van der Waals surface area contributed by atoms with E-state index in [2.05, 4.69) is 12.2 Å². The van der Waals surface area contributed by atoms with E-state index >= 15 is 0 Å². The van der Waals surface area contributed by atoms with Crippen molar-refractivity contribution in [2.75, 3.05) is 0 Å². The summed E-state index contributed by atoms with van der Waals surface area (Å²) in [5.41, 5.74) is 5.17. The Hall–Kier alpha value is 0.240. The van der Waals surface area contributed by atoms with E-state index in [1.165, 1.54) is 0 Å². The van der Waals surface area contributed by atoms with Gasteiger partial charge in [-0.25, -0.2) is 0 Å². The Morgan fingerprint density at radius 3 is 1.86 bits per heavy atom. The van der Waals surface area contributed by atoms with Crippen LogP contribution in [0.1, 0.15) is 15.3 Å². The number of thiocarbonyl (C=S) groups is 1. The maximum Gasteiger partial charge on any atom is 1.00 e. The molecule has 2 N–H and O–H groups in total. The summed E-state index contributed by atoms with van der Waals surface area (Å²) in [6, 6.07) is 0. The van der Waals surface area contributed by atoms with Crippen LogP contribution in [-0.2, 0) is 13.5 Å². The Morgan fingerprint density at radius 2 is 1.86 bits per heavy atom. The minimum atomic E-state index is 0. The molecule has 44 valence electrons. The SMILES string of the molecule is CC(C)C(N)=S.[H+].[S-2]. The standard InChI is InChI=1S/C4H9NS.S/c1-3(2)4(5)6;/h3H,1-2H3,(H2,5,6);/q;-2/p+1. The number of rotatable bonds is 1. The van der Waals surface area contributed by atoms with Crippen molar-refractivity contribution in [2.24, 2.45) is 11.7 Å². The van der Waals surface area contributed by atoms with Crippen LogP contribution >= 0.6 is 12.2 Å². The lowest BCUT2D eigenvalue weighted by atomic mass is 10.2. The first kappa shape index (κ1) is 10.3. The monoisotopic (exact) mass is 136 g/mol. The van der Waals surface area contributed by atoms with E-state index in [0.29, 0.717) is 10.9 Å². The third kappa shape index (κ3) is 6.24. The zero-order chi connectivity index (χ0) is 5.15. The Labute approximate surface area is 58.2 Å². The van der Waals surface area contributed by atoms with Gasteiger partial charge >= 0.3 is 1.43 Å². The average Bonchev–Trinajstić information content (AvgIpc) is 1.36. The van der Waals surface area contributed by atoms with Gasteiger partial charge in [-0.05, 0) is 0 Å². The highest BCUT2D eigenvalue weighted by molar-refractivity contribution is 7.80. The van der Waals surface area contributed by atoms with Gasteiger partial charge < -0.3 is 19.2 Å². The summed E-state index contributed by atoms with van der Waals surface area (Å²) in [5, 5.41) is 0. The summed E-state index contributed by atoms with van der Waals surface area (Å²) in [7, 11) is 0. The maximum atomic E-state index is 5.17. The lowest BCUT2D eigenvalue weighted by Gasteiger charge is -2.00. The van der Waals surface area contributed by atoms with Gasteiger partial charge in [0.15, 0.2) is 0 Å². The molecule has 0 aliphatic rings. The molecule has 0 heterocycles. The van der Waals surface area contributed by atoms with E-state index in [-0.39, 0.29) is 14.9 Å². The van der Waals surface area contributed by atoms with Crippen LogP contribution in [0.3, 0.4) is 0 Å². The van der Waals surface area contributed by atoms with Crippen molar-refractivity contribution in [3.63, 3.8) is 0 Å². The Morgan fingerprint density at radius 1 is 1.71 bits per heavy atom. The molecule has 0 aromatic rings. The zero-order valence-electron chi connectivity index (χ0n) is 5.47. The molecule has 0 aromatic carbocycles. The number of hydrogen-bond acceptors (Lipinski definition) is 1. The molecular weight excluding hydrogens is 126 g/mol. The molecule has 0 aliphatic heterocycles. The van der Waals surface area contributed by atoms with Crippen molar-refractivity contribution in [2.45, 2.75) is 13.8 Å². The van der Waals surface area contributed by atoms with E-state index < -0.39 is 0 Å². The van der Waals surface area contributed by atoms with Crippen LogP contribution in [0, 0.1) is 5.92 Å². The minimum absolute atomic E-state index is 0. The second-order valence-corrected chi connectivity index (χ2v) is 2.03. The van der Waals surface area contributed by atoms with Gasteiger partial charge in [0.1, 0.15) is 0 Å². The van der Waals surface area contributed by atoms with Gasteiger partial charge in [0.05, 0.1) is 4.99 Å². The van der Waals surface area contributed by atoms with Crippen LogP contribution in [0.5, 0.6) is 0 Å². The van der Waals surface area contributed by atoms with Crippen molar-refractivity contribution >= 4 is 30.7 Å². The molecule has 0 bridgehead atoms. The molecule has 0 amide bonds. The topological polar surface area (TPSA) is 26.0 Å². The first-order chi connectivity index (χ1) is 2.64. The van der Waals surface area contributed by atoms with E-state index in [9.17, 15) is 0 Å². The van der Waals surface area contributed by atoms with Crippen molar-refractivity contribution in [3.8, 4) is 0 Å². The molecule has 0 spiro atoms. The third-order valence-corrected chi connectivity index (χ3v) is 1.04. The molecule has 0 rings (SSSR count). The number of nitrogens with two attached hydrogens (primary N) is 1. The fourth-order valence-corrected chi connectivity index (χ4v) is 0. The highest BCUT2D eigenvalue weighted by atomic mass is 32.1. The summed E-state index contributed by atoms with van der Waals surface area (Å²) < 4.78 is 0. The highest BCUT2D eigenvalue weighted by Gasteiger charge is 1.90. The molecule has 0 radical (unpaired) electrons. The quantitative estimate of drug-likeness (QED) is 0.545. The van der Waals surface area contributed by atoms with Crippen molar-refractivity contribution in [1.29, 1.82) is 0 Å². The van der Waals surface area contributed by atoms with Crippen LogP contribution in [0.25, 0.3) is 0 Å². The van der Waals surface area contributed by atoms with Gasteiger partial charge in [-0.15, -0.1) is 0 Å². The molecule has 0 aromatic heterocycles. The summed E-state index contributed by atoms with van der Waals surface area (Å²) in [4.78, 5) is 0.593. The molecular formula is C4H10NS2-. The van der Waals surface area contributed by atoms with E-state index in [4.69, 9.17) is 5.73 Å². The smallest absolute Gasteiger partial charge is 1.00 e. The van der Waals surface area contributed by atoms with Crippen LogP contribution in [-0.4, -0.2) is 4.99 Å². The number of hydrogen-bond donors (Lipinski definition) is 1. The van der Waals surface area contributed by atoms with Gasteiger partial charge in [0.2, 0.25) is 0 Å². The fraction of sp³-hybridized carbons (Fsp3) is 0.750.